The minimum atomic E-state index is -0.000456. The number of aromatic hydroxyl groups is 2. The molecule has 4 rings (SSSR count). The molecule has 6 nitrogen and oxygen atoms in total. The maximum atomic E-state index is 11.5. The highest BCUT2D eigenvalue weighted by atomic mass is 79.9. The molecule has 37 heavy (non-hydrogen) atoms. The van der Waals surface area contributed by atoms with E-state index in [1.165, 1.54) is 48.1 Å². The number of rotatable bonds is 13. The fraction of sp³-hybridized carbons (Fsp3) is 0.536. The van der Waals surface area contributed by atoms with Crippen LogP contribution in [0.15, 0.2) is 35.1 Å². The molecule has 0 amide bonds. The standard InChI is InChI=1S/C28H39N3O3S.2BrH/c1-2-16-31(22-9-10-23-21(19-22)8-11-25(32)27(23)33)17-6-4-3-5-14-29-15-13-20-7-12-26-24(18-20)30-28(34)35-26;;/h7-8,11-12,18,22,29,32-33H,2-6,9-10,13-17,19H2,1H3,(H,30,34);2*1H. The molecule has 4 N–H and O–H groups in total. The lowest BCUT2D eigenvalue weighted by atomic mass is 9.86. The number of benzene rings is 2. The molecule has 0 fully saturated rings. The molecule has 9 heteroatoms. The normalized spacial score (nSPS) is 14.8. The van der Waals surface area contributed by atoms with Crippen LogP contribution in [-0.4, -0.2) is 52.3 Å². The number of thiazole rings is 1. The van der Waals surface area contributed by atoms with Crippen LogP contribution in [0.4, 0.5) is 0 Å². The van der Waals surface area contributed by atoms with Crippen molar-refractivity contribution in [2.45, 2.75) is 70.8 Å². The Morgan fingerprint density at radius 1 is 1.05 bits per heavy atom. The van der Waals surface area contributed by atoms with Gasteiger partial charge >= 0.3 is 4.87 Å². The fourth-order valence-electron chi connectivity index (χ4n) is 5.31. The van der Waals surface area contributed by atoms with Crippen molar-refractivity contribution in [2.75, 3.05) is 26.2 Å². The first-order valence-corrected chi connectivity index (χ1v) is 14.0. The van der Waals surface area contributed by atoms with E-state index in [-0.39, 0.29) is 50.3 Å². The molecule has 206 valence electrons. The number of unbranched alkanes of at least 4 members (excludes halogenated alkanes) is 3. The first-order valence-electron chi connectivity index (χ1n) is 13.1. The molecule has 1 atom stereocenters. The Morgan fingerprint density at radius 3 is 2.68 bits per heavy atom. The molecule has 1 aliphatic rings. The van der Waals surface area contributed by atoms with Crippen molar-refractivity contribution in [3.63, 3.8) is 0 Å². The summed E-state index contributed by atoms with van der Waals surface area (Å²) in [5.74, 6) is 0.0796. The van der Waals surface area contributed by atoms with Gasteiger partial charge < -0.3 is 25.4 Å². The number of nitrogens with one attached hydrogen (secondary N) is 2. The van der Waals surface area contributed by atoms with E-state index in [4.69, 9.17) is 0 Å². The van der Waals surface area contributed by atoms with Gasteiger partial charge in [-0.25, -0.2) is 0 Å². The summed E-state index contributed by atoms with van der Waals surface area (Å²) in [6.45, 7) is 6.51. The number of halogens is 2. The first kappa shape index (κ1) is 31.8. The van der Waals surface area contributed by atoms with Crippen LogP contribution in [0.5, 0.6) is 11.5 Å². The van der Waals surface area contributed by atoms with Gasteiger partial charge in [-0.2, -0.15) is 0 Å². The van der Waals surface area contributed by atoms with Gasteiger partial charge in [0.25, 0.3) is 0 Å². The van der Waals surface area contributed by atoms with E-state index in [0.29, 0.717) is 6.04 Å². The van der Waals surface area contributed by atoms with E-state index in [1.54, 1.807) is 6.07 Å². The summed E-state index contributed by atoms with van der Waals surface area (Å²) in [6, 6.07) is 10.4. The third-order valence-corrected chi connectivity index (χ3v) is 8.05. The van der Waals surface area contributed by atoms with Gasteiger partial charge in [-0.15, -0.1) is 34.0 Å². The molecule has 0 bridgehead atoms. The van der Waals surface area contributed by atoms with Crippen LogP contribution in [0.2, 0.25) is 0 Å². The lowest BCUT2D eigenvalue weighted by Gasteiger charge is -2.35. The number of phenols is 2. The Labute approximate surface area is 245 Å². The number of hydrogen-bond donors (Lipinski definition) is 4. The van der Waals surface area contributed by atoms with Gasteiger partial charge in [0.1, 0.15) is 0 Å². The van der Waals surface area contributed by atoms with E-state index in [1.807, 2.05) is 12.1 Å². The Bertz CT molecular complexity index is 1170. The number of fused-ring (bicyclic) bond motifs is 2. The van der Waals surface area contributed by atoms with Gasteiger partial charge in [0.15, 0.2) is 11.5 Å². The van der Waals surface area contributed by atoms with Crippen LogP contribution in [0, 0.1) is 0 Å². The predicted molar refractivity (Wildman–Crippen MR) is 166 cm³/mol. The van der Waals surface area contributed by atoms with Crippen molar-refractivity contribution in [3.05, 3.63) is 56.7 Å². The van der Waals surface area contributed by atoms with Crippen LogP contribution in [0.1, 0.15) is 62.1 Å². The van der Waals surface area contributed by atoms with E-state index in [9.17, 15) is 15.0 Å². The van der Waals surface area contributed by atoms with Crippen molar-refractivity contribution >= 4 is 55.5 Å². The van der Waals surface area contributed by atoms with Gasteiger partial charge in [0, 0.05) is 11.6 Å². The van der Waals surface area contributed by atoms with Crippen LogP contribution in [0.25, 0.3) is 10.2 Å². The molecule has 1 aromatic heterocycles. The van der Waals surface area contributed by atoms with Crippen LogP contribution in [0.3, 0.4) is 0 Å². The van der Waals surface area contributed by atoms with Gasteiger partial charge in [0.2, 0.25) is 0 Å². The highest BCUT2D eigenvalue weighted by molar-refractivity contribution is 8.93. The van der Waals surface area contributed by atoms with Crippen molar-refractivity contribution in [1.82, 2.24) is 15.2 Å². The molecule has 0 aliphatic heterocycles. The third kappa shape index (κ3) is 8.82. The molecular weight excluding hydrogens is 618 g/mol. The SMILES string of the molecule is Br.Br.CCCN(CCCCCCNCCc1ccc2sc(=O)[nH]c2c1)C1CCc2c(ccc(O)c2O)C1. The van der Waals surface area contributed by atoms with E-state index >= 15 is 0 Å². The quantitative estimate of drug-likeness (QED) is 0.131. The Morgan fingerprint density at radius 2 is 1.86 bits per heavy atom. The molecule has 1 aliphatic carbocycles. The molecule has 0 saturated heterocycles. The van der Waals surface area contributed by atoms with Crippen molar-refractivity contribution in [2.24, 2.45) is 0 Å². The Kier molecular flexibility index (Phi) is 13.7. The summed E-state index contributed by atoms with van der Waals surface area (Å²) in [5.41, 5.74) is 4.33. The molecular formula is C28H41Br2N3O3S. The van der Waals surface area contributed by atoms with Crippen LogP contribution < -0.4 is 10.2 Å². The van der Waals surface area contributed by atoms with Crippen molar-refractivity contribution in [3.8, 4) is 11.5 Å². The van der Waals surface area contributed by atoms with Crippen LogP contribution in [-0.2, 0) is 19.3 Å². The lowest BCUT2D eigenvalue weighted by Crippen LogP contribution is -2.40. The topological polar surface area (TPSA) is 88.6 Å². The van der Waals surface area contributed by atoms with Crippen molar-refractivity contribution < 1.29 is 10.2 Å². The summed E-state index contributed by atoms with van der Waals surface area (Å²) >= 11 is 1.27. The second-order valence-electron chi connectivity index (χ2n) is 9.76. The van der Waals surface area contributed by atoms with E-state index in [0.717, 1.165) is 74.1 Å². The minimum Gasteiger partial charge on any atom is -0.504 e. The summed E-state index contributed by atoms with van der Waals surface area (Å²) < 4.78 is 1.03. The highest BCUT2D eigenvalue weighted by Crippen LogP contribution is 2.36. The zero-order chi connectivity index (χ0) is 24.6. The number of aromatic amines is 1. The van der Waals surface area contributed by atoms with E-state index in [2.05, 4.69) is 34.3 Å². The summed E-state index contributed by atoms with van der Waals surface area (Å²) in [4.78, 5) is 17.0. The second kappa shape index (κ2) is 15.9. The second-order valence-corrected chi connectivity index (χ2v) is 10.8. The average molecular weight is 660 g/mol. The minimum absolute atomic E-state index is 0. The number of hydrogen-bond acceptors (Lipinski definition) is 6. The Hall–Kier alpha value is -1.39. The maximum Gasteiger partial charge on any atom is 0.305 e. The van der Waals surface area contributed by atoms with Gasteiger partial charge in [-0.05, 0) is 100 Å². The van der Waals surface area contributed by atoms with E-state index < -0.39 is 0 Å². The monoisotopic (exact) mass is 657 g/mol. The Balaban J connectivity index is 0.00000241. The highest BCUT2D eigenvalue weighted by Gasteiger charge is 2.26. The zero-order valence-electron chi connectivity index (χ0n) is 21.6. The zero-order valence-corrected chi connectivity index (χ0v) is 25.9. The maximum absolute atomic E-state index is 11.5. The molecule has 1 unspecified atom stereocenters. The summed E-state index contributed by atoms with van der Waals surface area (Å²) in [7, 11) is 0. The third-order valence-electron chi connectivity index (χ3n) is 7.19. The van der Waals surface area contributed by atoms with Crippen molar-refractivity contribution in [1.29, 1.82) is 0 Å². The molecule has 1 heterocycles. The average Bonchev–Trinajstić information content (AvgIpc) is 3.23. The molecule has 2 aromatic carbocycles. The number of nitrogens with zero attached hydrogens (tertiary/aromatic N) is 1. The van der Waals surface area contributed by atoms with Gasteiger partial charge in [0.05, 0.1) is 10.2 Å². The lowest BCUT2D eigenvalue weighted by molar-refractivity contribution is 0.175. The molecule has 0 radical (unpaired) electrons. The fourth-order valence-corrected chi connectivity index (χ4v) is 6.03. The van der Waals surface area contributed by atoms with Gasteiger partial charge in [-0.1, -0.05) is 43.2 Å². The smallest absolute Gasteiger partial charge is 0.305 e. The summed E-state index contributed by atoms with van der Waals surface area (Å²) in [5, 5.41) is 23.5. The number of H-pyrrole nitrogens is 1. The largest absolute Gasteiger partial charge is 0.504 e. The van der Waals surface area contributed by atoms with Crippen LogP contribution >= 0.6 is 45.3 Å². The molecule has 3 aromatic rings. The predicted octanol–water partition coefficient (Wildman–Crippen LogP) is 6.12. The number of aromatic nitrogens is 1. The molecule has 0 saturated carbocycles. The van der Waals surface area contributed by atoms with Gasteiger partial charge in [-0.3, -0.25) is 4.79 Å². The first-order chi connectivity index (χ1) is 17.0. The summed E-state index contributed by atoms with van der Waals surface area (Å²) in [6.07, 6.45) is 9.90. The number of phenolic OH excluding ortho intramolecular Hbond substituents is 2. The molecule has 0 spiro atoms.